The average Bonchev–Trinajstić information content (AvgIpc) is 3.18. The standard InChI is InChI=1S/C18H25N3O2S/c1-10-5-6-13-14(8-10)24-18-15(13)17(22)20-16(21-18)11(2)19-9-12-4-3-7-23-12/h10-12,19H,3-9H2,1-2H3,(H,20,21,22)/p+1/t10-,11+,12-/m0/s1. The molecule has 0 amide bonds. The smallest absolute Gasteiger partial charge is 0.260 e. The number of hydrogen-bond acceptors (Lipinski definition) is 4. The molecule has 2 aliphatic rings. The van der Waals surface area contributed by atoms with Crippen LogP contribution in [0.25, 0.3) is 10.2 Å². The molecule has 0 bridgehead atoms. The van der Waals surface area contributed by atoms with E-state index in [1.807, 2.05) is 0 Å². The molecule has 3 N–H and O–H groups in total. The molecule has 1 aliphatic heterocycles. The van der Waals surface area contributed by atoms with Crippen molar-refractivity contribution < 1.29 is 10.1 Å². The minimum Gasteiger partial charge on any atom is -0.372 e. The Bertz CT molecular complexity index is 791. The molecule has 3 heterocycles. The van der Waals surface area contributed by atoms with Crippen LogP contribution in [0.2, 0.25) is 0 Å². The van der Waals surface area contributed by atoms with Crippen molar-refractivity contribution in [3.05, 3.63) is 26.6 Å². The Morgan fingerprint density at radius 1 is 1.46 bits per heavy atom. The van der Waals surface area contributed by atoms with Crippen LogP contribution in [-0.2, 0) is 17.6 Å². The molecule has 130 valence electrons. The molecule has 1 saturated heterocycles. The van der Waals surface area contributed by atoms with Gasteiger partial charge in [-0.3, -0.25) is 4.79 Å². The Morgan fingerprint density at radius 3 is 3.12 bits per heavy atom. The van der Waals surface area contributed by atoms with E-state index in [0.717, 1.165) is 54.9 Å². The number of hydrogen-bond donors (Lipinski definition) is 2. The highest BCUT2D eigenvalue weighted by Gasteiger charge is 2.25. The largest absolute Gasteiger partial charge is 0.372 e. The third-order valence-corrected chi connectivity index (χ3v) is 6.54. The SMILES string of the molecule is C[C@H]1CCc2c(sc3nc([C@@H](C)[NH2+]C[C@@H]4CCCO4)[nH]c(=O)c23)C1. The quantitative estimate of drug-likeness (QED) is 0.887. The second-order valence-electron chi connectivity index (χ2n) is 7.38. The molecule has 2 aromatic heterocycles. The molecule has 0 saturated carbocycles. The first kappa shape index (κ1) is 16.2. The van der Waals surface area contributed by atoms with E-state index in [2.05, 4.69) is 24.1 Å². The molecule has 24 heavy (non-hydrogen) atoms. The molecular formula is C18H26N3O2S+. The molecule has 6 heteroatoms. The van der Waals surface area contributed by atoms with Crippen LogP contribution in [0.15, 0.2) is 4.79 Å². The van der Waals surface area contributed by atoms with Crippen molar-refractivity contribution >= 4 is 21.6 Å². The van der Waals surface area contributed by atoms with Gasteiger partial charge in [0.2, 0.25) is 0 Å². The Labute approximate surface area is 145 Å². The van der Waals surface area contributed by atoms with Crippen molar-refractivity contribution in [2.75, 3.05) is 13.2 Å². The van der Waals surface area contributed by atoms with Crippen LogP contribution in [0, 0.1) is 5.92 Å². The van der Waals surface area contributed by atoms with Crippen molar-refractivity contribution in [2.45, 2.75) is 58.1 Å². The number of nitrogens with two attached hydrogens (primary N) is 1. The normalized spacial score (nSPS) is 25.1. The number of ether oxygens (including phenoxy) is 1. The van der Waals surface area contributed by atoms with Crippen molar-refractivity contribution in [1.29, 1.82) is 0 Å². The number of H-pyrrole nitrogens is 1. The summed E-state index contributed by atoms with van der Waals surface area (Å²) < 4.78 is 5.68. The zero-order chi connectivity index (χ0) is 16.7. The van der Waals surface area contributed by atoms with Crippen molar-refractivity contribution in [2.24, 2.45) is 5.92 Å². The fraction of sp³-hybridized carbons (Fsp3) is 0.667. The summed E-state index contributed by atoms with van der Waals surface area (Å²) >= 11 is 1.72. The van der Waals surface area contributed by atoms with Crippen LogP contribution in [0.3, 0.4) is 0 Å². The Morgan fingerprint density at radius 2 is 2.33 bits per heavy atom. The highest BCUT2D eigenvalue weighted by atomic mass is 32.1. The van der Waals surface area contributed by atoms with Crippen molar-refractivity contribution in [3.63, 3.8) is 0 Å². The van der Waals surface area contributed by atoms with E-state index in [1.165, 1.54) is 16.9 Å². The van der Waals surface area contributed by atoms with E-state index in [0.29, 0.717) is 12.0 Å². The first-order chi connectivity index (χ1) is 11.6. The topological polar surface area (TPSA) is 71.6 Å². The van der Waals surface area contributed by atoms with Gasteiger partial charge >= 0.3 is 0 Å². The molecule has 0 unspecified atom stereocenters. The van der Waals surface area contributed by atoms with E-state index < -0.39 is 0 Å². The van der Waals surface area contributed by atoms with Gasteiger partial charge in [-0.2, -0.15) is 0 Å². The zero-order valence-corrected chi connectivity index (χ0v) is 15.2. The summed E-state index contributed by atoms with van der Waals surface area (Å²) in [5, 5.41) is 3.08. The lowest BCUT2D eigenvalue weighted by Gasteiger charge is -2.17. The number of nitrogens with zero attached hydrogens (tertiary/aromatic N) is 1. The Balaban J connectivity index is 1.59. The minimum atomic E-state index is 0.0411. The first-order valence-corrected chi connectivity index (χ1v) is 9.93. The van der Waals surface area contributed by atoms with Gasteiger partial charge in [-0.25, -0.2) is 4.98 Å². The summed E-state index contributed by atoms with van der Waals surface area (Å²) in [6.45, 7) is 6.21. The third-order valence-electron chi connectivity index (χ3n) is 5.39. The Kier molecular flexibility index (Phi) is 4.45. The third kappa shape index (κ3) is 3.03. The fourth-order valence-corrected chi connectivity index (χ4v) is 5.27. The average molecular weight is 348 g/mol. The maximum absolute atomic E-state index is 12.7. The molecular weight excluding hydrogens is 322 g/mol. The summed E-state index contributed by atoms with van der Waals surface area (Å²) in [6, 6.07) is 0.143. The number of thiophene rings is 1. The number of aryl methyl sites for hydroxylation is 1. The first-order valence-electron chi connectivity index (χ1n) is 9.11. The maximum atomic E-state index is 12.7. The van der Waals surface area contributed by atoms with Gasteiger partial charge < -0.3 is 15.0 Å². The molecule has 0 radical (unpaired) electrons. The summed E-state index contributed by atoms with van der Waals surface area (Å²) in [4.78, 5) is 22.8. The number of fused-ring (bicyclic) bond motifs is 3. The lowest BCUT2D eigenvalue weighted by molar-refractivity contribution is -0.699. The lowest BCUT2D eigenvalue weighted by Crippen LogP contribution is -2.86. The van der Waals surface area contributed by atoms with Gasteiger partial charge in [-0.05, 0) is 50.5 Å². The van der Waals surface area contributed by atoms with Crippen LogP contribution in [0.5, 0.6) is 0 Å². The summed E-state index contributed by atoms with van der Waals surface area (Å²) in [5.41, 5.74) is 1.30. The number of quaternary nitrogens is 1. The molecule has 4 rings (SSSR count). The van der Waals surface area contributed by atoms with Gasteiger partial charge in [0, 0.05) is 11.5 Å². The van der Waals surface area contributed by atoms with Gasteiger partial charge in [-0.15, -0.1) is 11.3 Å². The number of aromatic nitrogens is 2. The van der Waals surface area contributed by atoms with Crippen molar-refractivity contribution in [3.8, 4) is 0 Å². The highest BCUT2D eigenvalue weighted by molar-refractivity contribution is 7.18. The molecule has 1 fully saturated rings. The van der Waals surface area contributed by atoms with Crippen LogP contribution in [0.1, 0.15) is 55.4 Å². The number of aromatic amines is 1. The maximum Gasteiger partial charge on any atom is 0.260 e. The second-order valence-corrected chi connectivity index (χ2v) is 8.46. The molecule has 0 aromatic carbocycles. The molecule has 5 nitrogen and oxygen atoms in total. The van der Waals surface area contributed by atoms with E-state index in [-0.39, 0.29) is 11.6 Å². The van der Waals surface area contributed by atoms with E-state index in [1.54, 1.807) is 11.3 Å². The van der Waals surface area contributed by atoms with Crippen LogP contribution in [-0.4, -0.2) is 29.2 Å². The fourth-order valence-electron chi connectivity index (χ4n) is 3.88. The molecule has 1 aliphatic carbocycles. The molecule has 0 spiro atoms. The highest BCUT2D eigenvalue weighted by Crippen LogP contribution is 2.35. The Hall–Kier alpha value is -1.24. The van der Waals surface area contributed by atoms with E-state index in [4.69, 9.17) is 9.72 Å². The van der Waals surface area contributed by atoms with Crippen LogP contribution in [0.4, 0.5) is 0 Å². The van der Waals surface area contributed by atoms with Gasteiger partial charge in [0.1, 0.15) is 23.5 Å². The summed E-state index contributed by atoms with van der Waals surface area (Å²) in [6.07, 6.45) is 5.92. The van der Waals surface area contributed by atoms with Gasteiger partial charge in [0.25, 0.3) is 5.56 Å². The number of nitrogens with one attached hydrogen (secondary N) is 1. The summed E-state index contributed by atoms with van der Waals surface area (Å²) in [7, 11) is 0. The zero-order valence-electron chi connectivity index (χ0n) is 14.4. The lowest BCUT2D eigenvalue weighted by atomic mass is 9.89. The summed E-state index contributed by atoms with van der Waals surface area (Å²) in [5.74, 6) is 1.50. The van der Waals surface area contributed by atoms with Gasteiger partial charge in [-0.1, -0.05) is 6.92 Å². The predicted octanol–water partition coefficient (Wildman–Crippen LogP) is 1.91. The minimum absolute atomic E-state index is 0.0411. The van der Waals surface area contributed by atoms with Crippen molar-refractivity contribution in [1.82, 2.24) is 9.97 Å². The van der Waals surface area contributed by atoms with Gasteiger partial charge in [0.15, 0.2) is 5.82 Å². The number of rotatable bonds is 4. The van der Waals surface area contributed by atoms with E-state index in [9.17, 15) is 4.79 Å². The molecule has 3 atom stereocenters. The van der Waals surface area contributed by atoms with Gasteiger partial charge in [0.05, 0.1) is 5.39 Å². The second kappa shape index (κ2) is 6.58. The predicted molar refractivity (Wildman–Crippen MR) is 95.6 cm³/mol. The monoisotopic (exact) mass is 348 g/mol. The van der Waals surface area contributed by atoms with Crippen LogP contribution < -0.4 is 10.9 Å². The molecule has 2 aromatic rings. The van der Waals surface area contributed by atoms with E-state index >= 15 is 0 Å². The van der Waals surface area contributed by atoms with Crippen LogP contribution >= 0.6 is 11.3 Å².